The van der Waals surface area contributed by atoms with Gasteiger partial charge < -0.3 is 5.11 Å². The number of rotatable bonds is 1. The molecule has 1 aromatic carbocycles. The minimum atomic E-state index is -4.32. The molecule has 1 aromatic rings. The van der Waals surface area contributed by atoms with Crippen LogP contribution in [0.4, 0.5) is 13.2 Å². The molecule has 16 heavy (non-hydrogen) atoms. The van der Waals surface area contributed by atoms with Gasteiger partial charge >= 0.3 is 6.18 Å². The van der Waals surface area contributed by atoms with Crippen LogP contribution in [0.25, 0.3) is 0 Å². The van der Waals surface area contributed by atoms with Crippen molar-refractivity contribution in [1.29, 1.82) is 0 Å². The van der Waals surface area contributed by atoms with Crippen LogP contribution in [0.15, 0.2) is 18.2 Å². The van der Waals surface area contributed by atoms with E-state index in [0.29, 0.717) is 17.5 Å². The fraction of sp³-hybridized carbons (Fsp3) is 0.333. The molecule has 0 saturated heterocycles. The van der Waals surface area contributed by atoms with Gasteiger partial charge in [0.1, 0.15) is 0 Å². The highest BCUT2D eigenvalue weighted by atomic mass is 19.4. The van der Waals surface area contributed by atoms with E-state index in [-0.39, 0.29) is 6.61 Å². The van der Waals surface area contributed by atoms with Gasteiger partial charge in [0, 0.05) is 12.0 Å². The van der Waals surface area contributed by atoms with Crippen molar-refractivity contribution in [3.8, 4) is 11.8 Å². The van der Waals surface area contributed by atoms with E-state index in [1.165, 1.54) is 6.07 Å². The molecule has 0 saturated carbocycles. The van der Waals surface area contributed by atoms with E-state index >= 15 is 0 Å². The Morgan fingerprint density at radius 2 is 2.00 bits per heavy atom. The van der Waals surface area contributed by atoms with E-state index in [1.807, 2.05) is 0 Å². The van der Waals surface area contributed by atoms with E-state index in [4.69, 9.17) is 5.11 Å². The van der Waals surface area contributed by atoms with E-state index in [9.17, 15) is 13.2 Å². The van der Waals surface area contributed by atoms with E-state index < -0.39 is 11.7 Å². The Bertz CT molecular complexity index is 424. The molecule has 0 fully saturated rings. The van der Waals surface area contributed by atoms with Crippen LogP contribution in [0.2, 0.25) is 0 Å². The summed E-state index contributed by atoms with van der Waals surface area (Å²) in [7, 11) is 0. The standard InChI is InChI=1S/C12H11F3O/c1-9-8-11(12(13,14)15)6-5-10(9)4-2-3-7-16/h5-6,8,16H,3,7H2,1H3. The van der Waals surface area contributed by atoms with Gasteiger partial charge in [-0.25, -0.2) is 0 Å². The second-order valence-electron chi connectivity index (χ2n) is 3.30. The molecule has 0 radical (unpaired) electrons. The molecule has 0 bridgehead atoms. The van der Waals surface area contributed by atoms with Gasteiger partial charge in [0.15, 0.2) is 0 Å². The molecule has 0 aliphatic rings. The number of halogens is 3. The minimum absolute atomic E-state index is 0.0489. The minimum Gasteiger partial charge on any atom is -0.395 e. The number of benzene rings is 1. The van der Waals surface area contributed by atoms with Gasteiger partial charge in [-0.2, -0.15) is 13.2 Å². The lowest BCUT2D eigenvalue weighted by molar-refractivity contribution is -0.137. The third kappa shape index (κ3) is 3.28. The van der Waals surface area contributed by atoms with E-state index in [2.05, 4.69) is 11.8 Å². The molecule has 0 heterocycles. The predicted octanol–water partition coefficient (Wildman–Crippen LogP) is 2.75. The van der Waals surface area contributed by atoms with Crippen LogP contribution in [0, 0.1) is 18.8 Å². The number of aliphatic hydroxyl groups excluding tert-OH is 1. The van der Waals surface area contributed by atoms with Gasteiger partial charge in [-0.1, -0.05) is 11.8 Å². The molecule has 0 atom stereocenters. The van der Waals surface area contributed by atoms with Crippen LogP contribution in [0.3, 0.4) is 0 Å². The first-order chi connectivity index (χ1) is 7.45. The number of aryl methyl sites for hydroxylation is 1. The van der Waals surface area contributed by atoms with Crippen LogP contribution in [0.5, 0.6) is 0 Å². The Morgan fingerprint density at radius 1 is 1.31 bits per heavy atom. The van der Waals surface area contributed by atoms with Crippen LogP contribution in [0.1, 0.15) is 23.1 Å². The summed E-state index contributed by atoms with van der Waals surface area (Å²) in [5, 5.41) is 8.51. The van der Waals surface area contributed by atoms with Gasteiger partial charge in [0.05, 0.1) is 12.2 Å². The van der Waals surface area contributed by atoms with Crippen molar-refractivity contribution in [3.63, 3.8) is 0 Å². The zero-order valence-corrected chi connectivity index (χ0v) is 8.73. The van der Waals surface area contributed by atoms with Gasteiger partial charge in [0.25, 0.3) is 0 Å². The maximum Gasteiger partial charge on any atom is 0.416 e. The molecule has 0 spiro atoms. The fourth-order valence-electron chi connectivity index (χ4n) is 1.19. The van der Waals surface area contributed by atoms with Crippen molar-refractivity contribution in [2.45, 2.75) is 19.5 Å². The highest BCUT2D eigenvalue weighted by molar-refractivity contribution is 5.43. The quantitative estimate of drug-likeness (QED) is 0.733. The molecule has 0 aromatic heterocycles. The van der Waals surface area contributed by atoms with Crippen LogP contribution >= 0.6 is 0 Å². The summed E-state index contributed by atoms with van der Waals surface area (Å²) in [5.74, 6) is 5.38. The summed E-state index contributed by atoms with van der Waals surface area (Å²) in [5.41, 5.74) is 0.374. The monoisotopic (exact) mass is 228 g/mol. The lowest BCUT2D eigenvalue weighted by atomic mass is 10.1. The van der Waals surface area contributed by atoms with Crippen molar-refractivity contribution in [1.82, 2.24) is 0 Å². The predicted molar refractivity (Wildman–Crippen MR) is 54.8 cm³/mol. The number of hydrogen-bond acceptors (Lipinski definition) is 1. The summed E-state index contributed by atoms with van der Waals surface area (Å²) in [6.45, 7) is 1.53. The van der Waals surface area contributed by atoms with Gasteiger partial charge in [-0.15, -0.1) is 0 Å². The second-order valence-corrected chi connectivity index (χ2v) is 3.30. The summed E-state index contributed by atoms with van der Waals surface area (Å²) < 4.78 is 37.0. The second kappa shape index (κ2) is 5.04. The first-order valence-corrected chi connectivity index (χ1v) is 4.72. The van der Waals surface area contributed by atoms with Crippen LogP contribution < -0.4 is 0 Å². The molecule has 0 aliphatic heterocycles. The first-order valence-electron chi connectivity index (χ1n) is 4.72. The maximum atomic E-state index is 12.3. The summed E-state index contributed by atoms with van der Waals surface area (Å²) in [6.07, 6.45) is -4.00. The molecule has 86 valence electrons. The molecule has 1 nitrogen and oxygen atoms in total. The lowest BCUT2D eigenvalue weighted by Gasteiger charge is -2.07. The Labute approximate surface area is 91.9 Å². The molecule has 0 aliphatic carbocycles. The molecule has 4 heteroatoms. The van der Waals surface area contributed by atoms with E-state index in [1.54, 1.807) is 6.92 Å². The molecule has 0 amide bonds. The Balaban J connectivity index is 2.98. The smallest absolute Gasteiger partial charge is 0.395 e. The zero-order chi connectivity index (χ0) is 12.2. The average Bonchev–Trinajstić information content (AvgIpc) is 2.19. The van der Waals surface area contributed by atoms with Gasteiger partial charge in [0.2, 0.25) is 0 Å². The highest BCUT2D eigenvalue weighted by Crippen LogP contribution is 2.30. The molecule has 0 unspecified atom stereocenters. The summed E-state index contributed by atoms with van der Waals surface area (Å²) in [4.78, 5) is 0. The van der Waals surface area contributed by atoms with Crippen molar-refractivity contribution in [2.75, 3.05) is 6.61 Å². The molecule has 1 rings (SSSR count). The Kier molecular flexibility index (Phi) is 3.97. The highest BCUT2D eigenvalue weighted by Gasteiger charge is 2.30. The van der Waals surface area contributed by atoms with Crippen molar-refractivity contribution in [2.24, 2.45) is 0 Å². The largest absolute Gasteiger partial charge is 0.416 e. The molecular weight excluding hydrogens is 217 g/mol. The van der Waals surface area contributed by atoms with Gasteiger partial charge in [-0.3, -0.25) is 0 Å². The number of alkyl halides is 3. The lowest BCUT2D eigenvalue weighted by Crippen LogP contribution is -2.05. The van der Waals surface area contributed by atoms with Crippen molar-refractivity contribution in [3.05, 3.63) is 34.9 Å². The summed E-state index contributed by atoms with van der Waals surface area (Å²) in [6, 6.07) is 3.43. The summed E-state index contributed by atoms with van der Waals surface area (Å²) >= 11 is 0. The zero-order valence-electron chi connectivity index (χ0n) is 8.73. The van der Waals surface area contributed by atoms with Crippen molar-refractivity contribution >= 4 is 0 Å². The fourth-order valence-corrected chi connectivity index (χ4v) is 1.19. The normalized spacial score (nSPS) is 10.8. The topological polar surface area (TPSA) is 20.2 Å². The number of aliphatic hydroxyl groups is 1. The number of hydrogen-bond donors (Lipinski definition) is 1. The van der Waals surface area contributed by atoms with Gasteiger partial charge in [-0.05, 0) is 30.7 Å². The maximum absolute atomic E-state index is 12.3. The third-order valence-electron chi connectivity index (χ3n) is 2.01. The van der Waals surface area contributed by atoms with Crippen LogP contribution in [-0.4, -0.2) is 11.7 Å². The molecular formula is C12H11F3O. The van der Waals surface area contributed by atoms with E-state index in [0.717, 1.165) is 12.1 Å². The Hall–Kier alpha value is -1.47. The van der Waals surface area contributed by atoms with Crippen LogP contribution in [-0.2, 0) is 6.18 Å². The van der Waals surface area contributed by atoms with Crippen molar-refractivity contribution < 1.29 is 18.3 Å². The average molecular weight is 228 g/mol. The first kappa shape index (κ1) is 12.6. The third-order valence-corrected chi connectivity index (χ3v) is 2.01. The Morgan fingerprint density at radius 3 is 2.50 bits per heavy atom. The molecule has 1 N–H and O–H groups in total. The SMILES string of the molecule is Cc1cc(C(F)(F)F)ccc1C#CCCO.